The number of hydrogen-bond acceptors (Lipinski definition) is 6. The molecular formula is C18H17FI2N6. The van der Waals surface area contributed by atoms with Gasteiger partial charge in [-0.15, -0.1) is 0 Å². The molecule has 0 radical (unpaired) electrons. The maximum Gasteiger partial charge on any atom is 0.235 e. The molecule has 140 valence electrons. The summed E-state index contributed by atoms with van der Waals surface area (Å²) in [6, 6.07) is 11.6. The fraction of sp³-hybridized carbons (Fsp3) is 0.278. The maximum atomic E-state index is 14.5. The van der Waals surface area contributed by atoms with Crippen molar-refractivity contribution in [3.8, 4) is 0 Å². The Balaban J connectivity index is 1.63. The van der Waals surface area contributed by atoms with Crippen molar-refractivity contribution in [2.45, 2.75) is 14.3 Å². The van der Waals surface area contributed by atoms with Crippen molar-refractivity contribution in [3.63, 3.8) is 0 Å². The van der Waals surface area contributed by atoms with Crippen LogP contribution in [0.15, 0.2) is 42.6 Å². The minimum Gasteiger partial charge on any atom is -0.365 e. The Morgan fingerprint density at radius 2 is 1.96 bits per heavy atom. The molecule has 3 heterocycles. The van der Waals surface area contributed by atoms with Crippen molar-refractivity contribution in [1.29, 1.82) is 0 Å². The van der Waals surface area contributed by atoms with Gasteiger partial charge in [0.25, 0.3) is 0 Å². The Labute approximate surface area is 183 Å². The van der Waals surface area contributed by atoms with E-state index >= 15 is 0 Å². The van der Waals surface area contributed by atoms with Crippen molar-refractivity contribution in [3.05, 3.63) is 53.7 Å². The van der Waals surface area contributed by atoms with Crippen LogP contribution in [0.2, 0.25) is 0 Å². The van der Waals surface area contributed by atoms with Gasteiger partial charge in [0.1, 0.15) is 5.82 Å². The van der Waals surface area contributed by atoms with Crippen molar-refractivity contribution in [2.75, 3.05) is 23.7 Å². The van der Waals surface area contributed by atoms with Crippen molar-refractivity contribution < 1.29 is 4.39 Å². The first-order chi connectivity index (χ1) is 13.0. The lowest BCUT2D eigenvalue weighted by Crippen LogP contribution is -2.51. The molecule has 6 nitrogen and oxygen atoms in total. The molecule has 0 unspecified atom stereocenters. The van der Waals surface area contributed by atoms with Crippen molar-refractivity contribution in [2.24, 2.45) is 0 Å². The molecule has 0 amide bonds. The van der Waals surface area contributed by atoms with Gasteiger partial charge in [-0.2, -0.15) is 9.97 Å². The molecule has 0 atom stereocenters. The highest BCUT2D eigenvalue weighted by Crippen LogP contribution is 2.42. The van der Waals surface area contributed by atoms with Crippen LogP contribution >= 0.6 is 45.2 Å². The number of nitrogens with zero attached hydrogens (tertiary/aromatic N) is 3. The SMILES string of the molecule is FC(I)(I)c1ccccc1CNc1nc(NC2CNC2)nc2ncccc12. The van der Waals surface area contributed by atoms with Crippen LogP contribution in [0.1, 0.15) is 11.1 Å². The Bertz CT molecular complexity index is 958. The molecule has 0 spiro atoms. The first-order valence-corrected chi connectivity index (χ1v) is 10.7. The summed E-state index contributed by atoms with van der Waals surface area (Å²) in [5.74, 6) is 1.23. The molecule has 27 heavy (non-hydrogen) atoms. The molecule has 1 aromatic carbocycles. The van der Waals surface area contributed by atoms with E-state index in [0.717, 1.165) is 24.0 Å². The second kappa shape index (κ2) is 7.95. The van der Waals surface area contributed by atoms with Gasteiger partial charge in [-0.1, -0.05) is 24.3 Å². The molecule has 1 fully saturated rings. The molecule has 3 aromatic rings. The number of alkyl halides is 3. The predicted molar refractivity (Wildman–Crippen MR) is 122 cm³/mol. The third-order valence-corrected chi connectivity index (χ3v) is 5.52. The largest absolute Gasteiger partial charge is 0.365 e. The van der Waals surface area contributed by atoms with E-state index in [1.54, 1.807) is 51.4 Å². The molecular weight excluding hydrogens is 573 g/mol. The van der Waals surface area contributed by atoms with Gasteiger partial charge in [0.2, 0.25) is 7.63 Å². The molecule has 1 aliphatic heterocycles. The highest BCUT2D eigenvalue weighted by atomic mass is 127. The van der Waals surface area contributed by atoms with Gasteiger partial charge in [0.05, 0.1) is 11.4 Å². The molecule has 2 aromatic heterocycles. The molecule has 0 bridgehead atoms. The smallest absolute Gasteiger partial charge is 0.235 e. The predicted octanol–water partition coefficient (Wildman–Crippen LogP) is 3.97. The van der Waals surface area contributed by atoms with Crippen LogP contribution in [0.5, 0.6) is 0 Å². The van der Waals surface area contributed by atoms with Gasteiger partial charge in [-0.05, 0) is 62.9 Å². The topological polar surface area (TPSA) is 74.8 Å². The Kier molecular flexibility index (Phi) is 5.60. The Hall–Kier alpha value is -1.34. The molecule has 1 aliphatic rings. The van der Waals surface area contributed by atoms with Crippen molar-refractivity contribution >= 4 is 68.0 Å². The highest BCUT2D eigenvalue weighted by molar-refractivity contribution is 14.2. The molecule has 3 N–H and O–H groups in total. The number of aromatic nitrogens is 3. The van der Waals surface area contributed by atoms with Gasteiger partial charge in [0, 0.05) is 31.4 Å². The van der Waals surface area contributed by atoms with Crippen LogP contribution < -0.4 is 16.0 Å². The molecule has 4 rings (SSSR count). The van der Waals surface area contributed by atoms with Crippen LogP contribution in [0.4, 0.5) is 16.2 Å². The van der Waals surface area contributed by atoms with E-state index in [-0.39, 0.29) is 0 Å². The summed E-state index contributed by atoms with van der Waals surface area (Å²) in [5.41, 5.74) is 2.16. The van der Waals surface area contributed by atoms with E-state index in [9.17, 15) is 4.39 Å². The van der Waals surface area contributed by atoms with Gasteiger partial charge in [-0.25, -0.2) is 9.37 Å². The summed E-state index contributed by atoms with van der Waals surface area (Å²) in [4.78, 5) is 13.5. The van der Waals surface area contributed by atoms with Gasteiger partial charge >= 0.3 is 0 Å². The van der Waals surface area contributed by atoms with Crippen LogP contribution in [0.3, 0.4) is 0 Å². The normalized spacial score (nSPS) is 14.8. The van der Waals surface area contributed by atoms with Crippen LogP contribution in [0, 0.1) is 0 Å². The van der Waals surface area contributed by atoms with Crippen LogP contribution in [-0.4, -0.2) is 34.1 Å². The first-order valence-electron chi connectivity index (χ1n) is 8.50. The summed E-state index contributed by atoms with van der Waals surface area (Å²) >= 11 is 3.61. The summed E-state index contributed by atoms with van der Waals surface area (Å²) in [5, 5.41) is 10.7. The number of nitrogens with one attached hydrogen (secondary N) is 3. The molecule has 9 heteroatoms. The van der Waals surface area contributed by atoms with Gasteiger partial charge in [-0.3, -0.25) is 0 Å². The molecule has 0 saturated carbocycles. The average molecular weight is 590 g/mol. The third kappa shape index (κ3) is 4.40. The zero-order valence-electron chi connectivity index (χ0n) is 14.2. The van der Waals surface area contributed by atoms with E-state index in [0.29, 0.717) is 35.6 Å². The number of hydrogen-bond donors (Lipinski definition) is 3. The Morgan fingerprint density at radius 3 is 2.70 bits per heavy atom. The van der Waals surface area contributed by atoms with E-state index in [4.69, 9.17) is 0 Å². The van der Waals surface area contributed by atoms with E-state index < -0.39 is 1.68 Å². The van der Waals surface area contributed by atoms with Crippen LogP contribution in [-0.2, 0) is 8.23 Å². The van der Waals surface area contributed by atoms with Gasteiger partial charge in [0.15, 0.2) is 5.65 Å². The quantitative estimate of drug-likeness (QED) is 0.298. The fourth-order valence-electron chi connectivity index (χ4n) is 2.86. The standard InChI is InChI=1S/C18H17FI2N6/c19-18(20,21)14-6-2-1-4-11(14)8-24-16-13-5-3-7-23-15(13)26-17(27-16)25-12-9-22-10-12/h1-7,12,22H,8-10H2,(H2,23,24,25,26,27). The highest BCUT2D eigenvalue weighted by Gasteiger charge is 2.26. The lowest BCUT2D eigenvalue weighted by atomic mass is 10.1. The zero-order valence-corrected chi connectivity index (χ0v) is 18.5. The zero-order chi connectivity index (χ0) is 18.9. The van der Waals surface area contributed by atoms with Crippen molar-refractivity contribution in [1.82, 2.24) is 20.3 Å². The second-order valence-corrected chi connectivity index (χ2v) is 11.3. The minimum absolute atomic E-state index is 0.324. The van der Waals surface area contributed by atoms with Crippen LogP contribution in [0.25, 0.3) is 11.0 Å². The van der Waals surface area contributed by atoms with E-state index in [2.05, 4.69) is 30.9 Å². The minimum atomic E-state index is -1.47. The number of rotatable bonds is 6. The molecule has 1 saturated heterocycles. The summed E-state index contributed by atoms with van der Waals surface area (Å²) in [6.45, 7) is 2.24. The summed E-state index contributed by atoms with van der Waals surface area (Å²) < 4.78 is 13.0. The third-order valence-electron chi connectivity index (χ3n) is 4.36. The lowest BCUT2D eigenvalue weighted by molar-refractivity contribution is 0.467. The fourth-order valence-corrected chi connectivity index (χ4v) is 3.92. The monoisotopic (exact) mass is 590 g/mol. The first kappa shape index (κ1) is 19.0. The number of pyridine rings is 1. The number of halogens is 3. The van der Waals surface area contributed by atoms with E-state index in [1.165, 1.54) is 0 Å². The second-order valence-electron chi connectivity index (χ2n) is 6.28. The lowest BCUT2D eigenvalue weighted by Gasteiger charge is -2.28. The Morgan fingerprint density at radius 1 is 1.15 bits per heavy atom. The number of fused-ring (bicyclic) bond motifs is 1. The molecule has 0 aliphatic carbocycles. The summed E-state index contributed by atoms with van der Waals surface area (Å²) in [7, 11) is 0. The number of anilines is 2. The maximum absolute atomic E-state index is 14.5. The summed E-state index contributed by atoms with van der Waals surface area (Å²) in [6.07, 6.45) is 1.71. The number of benzene rings is 1. The average Bonchev–Trinajstić information content (AvgIpc) is 2.62. The van der Waals surface area contributed by atoms with E-state index in [1.807, 2.05) is 36.4 Å². The van der Waals surface area contributed by atoms with Gasteiger partial charge < -0.3 is 16.0 Å².